The summed E-state index contributed by atoms with van der Waals surface area (Å²) in [5, 5.41) is 3.74. The largest absolute Gasteiger partial charge is 0.479 e. The van der Waals surface area contributed by atoms with Crippen molar-refractivity contribution in [3.63, 3.8) is 0 Å². The van der Waals surface area contributed by atoms with Crippen molar-refractivity contribution in [3.8, 4) is 5.75 Å². The molecule has 0 amide bonds. The SMILES string of the molecule is CC1(C)Oc2ccc3ccc(=O)oc3c2/C(=C\Nc2ccccn2)C1=O. The van der Waals surface area contributed by atoms with Crippen molar-refractivity contribution in [1.29, 1.82) is 0 Å². The summed E-state index contributed by atoms with van der Waals surface area (Å²) in [6.07, 6.45) is 3.24. The number of pyridine rings is 1. The van der Waals surface area contributed by atoms with Crippen LogP contribution in [0.3, 0.4) is 0 Å². The Balaban J connectivity index is 1.94. The Morgan fingerprint density at radius 2 is 1.88 bits per heavy atom. The van der Waals surface area contributed by atoms with Crippen LogP contribution in [0.1, 0.15) is 19.4 Å². The van der Waals surface area contributed by atoms with Crippen molar-refractivity contribution in [2.75, 3.05) is 5.32 Å². The van der Waals surface area contributed by atoms with E-state index in [-0.39, 0.29) is 5.78 Å². The van der Waals surface area contributed by atoms with Gasteiger partial charge in [0, 0.05) is 23.8 Å². The number of rotatable bonds is 2. The summed E-state index contributed by atoms with van der Waals surface area (Å²) in [5.74, 6) is 0.873. The quantitative estimate of drug-likeness (QED) is 0.565. The number of fused-ring (bicyclic) bond motifs is 3. The number of benzene rings is 1. The molecule has 2 aromatic heterocycles. The van der Waals surface area contributed by atoms with Crippen LogP contribution in [0.15, 0.2) is 64.1 Å². The predicted molar refractivity (Wildman–Crippen MR) is 98.0 cm³/mol. The first-order valence-electron chi connectivity index (χ1n) is 8.14. The van der Waals surface area contributed by atoms with Crippen molar-refractivity contribution < 1.29 is 13.9 Å². The number of Topliss-reactive ketones (excluding diaryl/α,β-unsaturated/α-hetero) is 1. The third-order valence-corrected chi connectivity index (χ3v) is 4.21. The number of anilines is 1. The van der Waals surface area contributed by atoms with Crippen molar-refractivity contribution in [2.45, 2.75) is 19.4 Å². The predicted octanol–water partition coefficient (Wildman–Crippen LogP) is 3.38. The van der Waals surface area contributed by atoms with Crippen molar-refractivity contribution in [3.05, 3.63) is 70.8 Å². The van der Waals surface area contributed by atoms with Crippen LogP contribution >= 0.6 is 0 Å². The first kappa shape index (κ1) is 16.1. The minimum atomic E-state index is -1.03. The van der Waals surface area contributed by atoms with E-state index in [1.807, 2.05) is 6.07 Å². The molecule has 0 radical (unpaired) electrons. The average Bonchev–Trinajstić information content (AvgIpc) is 2.62. The first-order valence-corrected chi connectivity index (χ1v) is 8.14. The van der Waals surface area contributed by atoms with Crippen molar-refractivity contribution >= 4 is 28.1 Å². The van der Waals surface area contributed by atoms with Crippen LogP contribution in [-0.4, -0.2) is 16.4 Å². The second kappa shape index (κ2) is 5.84. The molecule has 3 aromatic rings. The average molecular weight is 348 g/mol. The summed E-state index contributed by atoms with van der Waals surface area (Å²) in [6.45, 7) is 3.41. The van der Waals surface area contributed by atoms with Gasteiger partial charge >= 0.3 is 5.63 Å². The lowest BCUT2D eigenvalue weighted by atomic mass is 9.87. The molecule has 6 heteroatoms. The van der Waals surface area contributed by atoms with Crippen molar-refractivity contribution in [1.82, 2.24) is 4.98 Å². The standard InChI is InChI=1S/C20H16N2O4/c1-20(2)19(24)13(11-22-15-5-3-4-10-21-15)17-14(26-20)8-6-12-7-9-16(23)25-18(12)17/h3-11H,1-2H3,(H,21,22)/b13-11+. The van der Waals surface area contributed by atoms with E-state index in [4.69, 9.17) is 9.15 Å². The van der Waals surface area contributed by atoms with Crippen LogP contribution < -0.4 is 15.7 Å². The van der Waals surface area contributed by atoms with Crippen LogP contribution in [0, 0.1) is 0 Å². The summed E-state index contributed by atoms with van der Waals surface area (Å²) >= 11 is 0. The summed E-state index contributed by atoms with van der Waals surface area (Å²) in [4.78, 5) is 28.9. The van der Waals surface area contributed by atoms with Gasteiger partial charge in [-0.15, -0.1) is 0 Å². The zero-order chi connectivity index (χ0) is 18.3. The number of hydrogen-bond acceptors (Lipinski definition) is 6. The molecule has 0 bridgehead atoms. The highest BCUT2D eigenvalue weighted by molar-refractivity contribution is 6.28. The fraction of sp³-hybridized carbons (Fsp3) is 0.150. The molecular formula is C20H16N2O4. The Hall–Kier alpha value is -3.41. The van der Waals surface area contributed by atoms with Gasteiger partial charge < -0.3 is 14.5 Å². The van der Waals surface area contributed by atoms with E-state index in [0.717, 1.165) is 0 Å². The lowest BCUT2D eigenvalue weighted by Gasteiger charge is -2.32. The first-order chi connectivity index (χ1) is 12.5. The van der Waals surface area contributed by atoms with Crippen LogP contribution in [0.2, 0.25) is 0 Å². The number of nitrogens with zero attached hydrogens (tertiary/aromatic N) is 1. The Morgan fingerprint density at radius 3 is 2.65 bits per heavy atom. The summed E-state index contributed by atoms with van der Waals surface area (Å²) < 4.78 is 11.3. The molecular weight excluding hydrogens is 332 g/mol. The Labute approximate surface area is 149 Å². The number of carbonyl (C=O) groups excluding carboxylic acids is 1. The fourth-order valence-corrected chi connectivity index (χ4v) is 2.95. The van der Waals surface area contributed by atoms with Gasteiger partial charge in [-0.2, -0.15) is 0 Å². The van der Waals surface area contributed by atoms with E-state index < -0.39 is 11.2 Å². The number of ketones is 1. The van der Waals surface area contributed by atoms with Gasteiger partial charge in [0.2, 0.25) is 5.78 Å². The molecule has 0 aliphatic carbocycles. The normalized spacial score (nSPS) is 17.0. The number of nitrogens with one attached hydrogen (secondary N) is 1. The molecule has 0 fully saturated rings. The van der Waals surface area contributed by atoms with E-state index in [1.165, 1.54) is 6.07 Å². The van der Waals surface area contributed by atoms with Gasteiger partial charge in [-0.25, -0.2) is 9.78 Å². The van der Waals surface area contributed by atoms with Crippen LogP contribution in [0.4, 0.5) is 5.82 Å². The van der Waals surface area contributed by atoms with Gasteiger partial charge in [-0.05, 0) is 44.2 Å². The zero-order valence-electron chi connectivity index (χ0n) is 14.3. The molecule has 130 valence electrons. The molecule has 1 aliphatic rings. The number of ether oxygens (including phenoxy) is 1. The molecule has 1 aromatic carbocycles. The molecule has 4 rings (SSSR count). The van der Waals surface area contributed by atoms with Gasteiger partial charge in [0.1, 0.15) is 17.2 Å². The fourth-order valence-electron chi connectivity index (χ4n) is 2.95. The third-order valence-electron chi connectivity index (χ3n) is 4.21. The molecule has 6 nitrogen and oxygen atoms in total. The molecule has 0 saturated carbocycles. The molecule has 0 saturated heterocycles. The molecule has 1 aliphatic heterocycles. The Morgan fingerprint density at radius 1 is 1.08 bits per heavy atom. The Bertz CT molecular complexity index is 1100. The van der Waals surface area contributed by atoms with Gasteiger partial charge in [-0.3, -0.25) is 4.79 Å². The zero-order valence-corrected chi connectivity index (χ0v) is 14.3. The van der Waals surface area contributed by atoms with E-state index in [0.29, 0.717) is 33.7 Å². The van der Waals surface area contributed by atoms with E-state index in [1.54, 1.807) is 56.6 Å². The van der Waals surface area contributed by atoms with Gasteiger partial charge in [0.25, 0.3) is 0 Å². The summed E-state index contributed by atoms with van der Waals surface area (Å²) in [7, 11) is 0. The maximum absolute atomic E-state index is 13.0. The van der Waals surface area contributed by atoms with Crippen LogP contribution in [0.25, 0.3) is 16.5 Å². The maximum Gasteiger partial charge on any atom is 0.336 e. The highest BCUT2D eigenvalue weighted by atomic mass is 16.5. The molecule has 0 atom stereocenters. The lowest BCUT2D eigenvalue weighted by Crippen LogP contribution is -2.42. The van der Waals surface area contributed by atoms with Crippen molar-refractivity contribution in [2.24, 2.45) is 0 Å². The molecule has 1 N–H and O–H groups in total. The van der Waals surface area contributed by atoms with Crippen LogP contribution in [0.5, 0.6) is 5.75 Å². The third kappa shape index (κ3) is 2.65. The maximum atomic E-state index is 13.0. The number of hydrogen-bond donors (Lipinski definition) is 1. The van der Waals surface area contributed by atoms with E-state index in [2.05, 4.69) is 10.3 Å². The van der Waals surface area contributed by atoms with Gasteiger partial charge in [0.05, 0.1) is 11.1 Å². The summed E-state index contributed by atoms with van der Waals surface area (Å²) in [5.41, 5.74) is -0.351. The molecule has 3 heterocycles. The van der Waals surface area contributed by atoms with E-state index >= 15 is 0 Å². The Kier molecular flexibility index (Phi) is 3.61. The molecule has 0 spiro atoms. The summed E-state index contributed by atoms with van der Waals surface area (Å²) in [6, 6.07) is 12.0. The second-order valence-electron chi connectivity index (χ2n) is 6.47. The van der Waals surface area contributed by atoms with E-state index in [9.17, 15) is 9.59 Å². The van der Waals surface area contributed by atoms with Crippen LogP contribution in [-0.2, 0) is 4.79 Å². The highest BCUT2D eigenvalue weighted by Gasteiger charge is 2.40. The lowest BCUT2D eigenvalue weighted by molar-refractivity contribution is -0.126. The number of aromatic nitrogens is 1. The smallest absolute Gasteiger partial charge is 0.336 e. The number of carbonyl (C=O) groups is 1. The van der Waals surface area contributed by atoms with Gasteiger partial charge in [0.15, 0.2) is 5.60 Å². The molecule has 26 heavy (non-hydrogen) atoms. The topological polar surface area (TPSA) is 81.4 Å². The monoisotopic (exact) mass is 348 g/mol. The minimum Gasteiger partial charge on any atom is -0.479 e. The van der Waals surface area contributed by atoms with Gasteiger partial charge in [-0.1, -0.05) is 6.07 Å². The highest BCUT2D eigenvalue weighted by Crippen LogP contribution is 2.41. The second-order valence-corrected chi connectivity index (χ2v) is 6.47. The molecule has 0 unspecified atom stereocenters. The minimum absolute atomic E-state index is 0.215.